The van der Waals surface area contributed by atoms with E-state index >= 15 is 0 Å². The lowest BCUT2D eigenvalue weighted by atomic mass is 10.4. The Kier molecular flexibility index (Phi) is 2.38. The minimum atomic E-state index is 0.991. The van der Waals surface area contributed by atoms with Crippen LogP contribution in [0.2, 0.25) is 0 Å². The number of aromatic nitrogens is 2. The van der Waals surface area contributed by atoms with Crippen LogP contribution in [0.25, 0.3) is 0 Å². The number of hydrogen-bond donors (Lipinski definition) is 0. The van der Waals surface area contributed by atoms with Gasteiger partial charge in [-0.05, 0) is 23.7 Å². The Morgan fingerprint density at radius 3 is 2.08 bits per heavy atom. The molecule has 13 heavy (non-hydrogen) atoms. The second-order valence-corrected chi connectivity index (χ2v) is 2.89. The molecule has 0 saturated carbocycles. The number of rotatable bonds is 0. The van der Waals surface area contributed by atoms with E-state index in [0.717, 1.165) is 11.4 Å². The Bertz CT molecular complexity index is 343. The van der Waals surface area contributed by atoms with Gasteiger partial charge < -0.3 is 0 Å². The zero-order chi connectivity index (χ0) is 8.93. The second kappa shape index (κ2) is 3.86. The average molecular weight is 190 g/mol. The van der Waals surface area contributed by atoms with Crippen molar-refractivity contribution in [3.05, 3.63) is 35.1 Å². The Balaban J connectivity index is 0.000000113. The molecule has 2 aliphatic rings. The van der Waals surface area contributed by atoms with Gasteiger partial charge in [0, 0.05) is 17.8 Å². The summed E-state index contributed by atoms with van der Waals surface area (Å²) in [5, 5.41) is 5.31. The molecule has 0 aromatic carbocycles. The first kappa shape index (κ1) is 8.00. The lowest BCUT2D eigenvalue weighted by molar-refractivity contribution is 1.16. The molecule has 3 heterocycles. The van der Waals surface area contributed by atoms with E-state index in [9.17, 15) is 0 Å². The van der Waals surface area contributed by atoms with Crippen molar-refractivity contribution in [3.8, 4) is 0 Å². The van der Waals surface area contributed by atoms with Crippen molar-refractivity contribution in [2.45, 2.75) is 0 Å². The first-order valence-corrected chi connectivity index (χ1v) is 4.50. The van der Waals surface area contributed by atoms with Gasteiger partial charge in [0.15, 0.2) is 0 Å². The summed E-state index contributed by atoms with van der Waals surface area (Å²) in [5.41, 5.74) is 1.98. The first-order chi connectivity index (χ1) is 6.47. The smallest absolute Gasteiger partial charge is 0.0901 e. The van der Waals surface area contributed by atoms with E-state index in [1.54, 1.807) is 18.6 Å². The van der Waals surface area contributed by atoms with Gasteiger partial charge in [0.25, 0.3) is 0 Å². The van der Waals surface area contributed by atoms with E-state index in [4.69, 9.17) is 0 Å². The maximum atomic E-state index is 4.02. The van der Waals surface area contributed by atoms with E-state index in [-0.39, 0.29) is 0 Å². The summed E-state index contributed by atoms with van der Waals surface area (Å²) in [6, 6.07) is 0. The van der Waals surface area contributed by atoms with E-state index in [0.29, 0.717) is 0 Å². The minimum absolute atomic E-state index is 0.991. The van der Waals surface area contributed by atoms with E-state index in [2.05, 4.69) is 19.6 Å². The molecule has 3 rings (SSSR count). The zero-order valence-electron chi connectivity index (χ0n) is 6.66. The van der Waals surface area contributed by atoms with Crippen LogP contribution in [0.1, 0.15) is 0 Å². The summed E-state index contributed by atoms with van der Waals surface area (Å²) in [7, 11) is 0. The second-order valence-electron chi connectivity index (χ2n) is 2.25. The van der Waals surface area contributed by atoms with Crippen LogP contribution in [0, 0.1) is 0 Å². The highest BCUT2D eigenvalue weighted by atomic mass is 32.1. The number of hydrogen-bond acceptors (Lipinski definition) is 5. The molecule has 2 aliphatic heterocycles. The van der Waals surface area contributed by atoms with Gasteiger partial charge in [0.1, 0.15) is 0 Å². The Morgan fingerprint density at radius 2 is 1.69 bits per heavy atom. The highest BCUT2D eigenvalue weighted by Crippen LogP contribution is 2.19. The van der Waals surface area contributed by atoms with Gasteiger partial charge in [-0.1, -0.05) is 4.49 Å². The van der Waals surface area contributed by atoms with Crippen LogP contribution in [-0.2, 0) is 0 Å². The number of allylic oxidation sites excluding steroid dienone is 2. The third-order valence-corrected chi connectivity index (χ3v) is 1.87. The Morgan fingerprint density at radius 1 is 1.00 bits per heavy atom. The molecule has 0 fully saturated rings. The van der Waals surface area contributed by atoms with Gasteiger partial charge >= 0.3 is 0 Å². The molecule has 0 aliphatic carbocycles. The van der Waals surface area contributed by atoms with Gasteiger partial charge in [-0.3, -0.25) is 9.98 Å². The molecule has 0 N–H and O–H groups in total. The molecule has 4 nitrogen and oxygen atoms in total. The van der Waals surface area contributed by atoms with Crippen LogP contribution in [0.5, 0.6) is 0 Å². The third kappa shape index (κ3) is 1.94. The van der Waals surface area contributed by atoms with Crippen molar-refractivity contribution in [1.29, 1.82) is 0 Å². The van der Waals surface area contributed by atoms with E-state index < -0.39 is 0 Å². The number of aliphatic imine (C=N–C) groups is 2. The summed E-state index contributed by atoms with van der Waals surface area (Å²) in [6.45, 7) is 0. The Hall–Kier alpha value is -1.62. The highest BCUT2D eigenvalue weighted by Gasteiger charge is 2.07. The van der Waals surface area contributed by atoms with Crippen molar-refractivity contribution >= 4 is 24.0 Å². The first-order valence-electron chi connectivity index (χ1n) is 3.67. The van der Waals surface area contributed by atoms with Crippen LogP contribution in [0.15, 0.2) is 45.1 Å². The summed E-state index contributed by atoms with van der Waals surface area (Å²) < 4.78 is 3.51. The fourth-order valence-electron chi connectivity index (χ4n) is 0.902. The molecule has 0 unspecified atom stereocenters. The molecule has 0 radical (unpaired) electrons. The monoisotopic (exact) mass is 190 g/mol. The number of fused-ring (bicyclic) bond motifs is 1. The molecule has 1 aromatic heterocycles. The van der Waals surface area contributed by atoms with Gasteiger partial charge in [-0.25, -0.2) is 0 Å². The normalized spacial score (nSPS) is 16.0. The molecule has 0 bridgehead atoms. The van der Waals surface area contributed by atoms with Crippen LogP contribution in [-0.4, -0.2) is 22.0 Å². The molecule has 1 aromatic rings. The van der Waals surface area contributed by atoms with Crippen molar-refractivity contribution in [1.82, 2.24) is 9.59 Å². The van der Waals surface area contributed by atoms with E-state index in [1.165, 1.54) is 11.5 Å². The maximum absolute atomic E-state index is 4.02. The summed E-state index contributed by atoms with van der Waals surface area (Å²) in [4.78, 5) is 8.03. The topological polar surface area (TPSA) is 50.5 Å². The van der Waals surface area contributed by atoms with Crippen molar-refractivity contribution in [2.24, 2.45) is 9.98 Å². The lowest BCUT2D eigenvalue weighted by Gasteiger charge is -1.83. The predicted octanol–water partition coefficient (Wildman–Crippen LogP) is 1.46. The van der Waals surface area contributed by atoms with Crippen molar-refractivity contribution in [2.75, 3.05) is 0 Å². The average Bonchev–Trinajstić information content (AvgIpc) is 2.84. The van der Waals surface area contributed by atoms with Crippen molar-refractivity contribution < 1.29 is 0 Å². The molecule has 0 amide bonds. The van der Waals surface area contributed by atoms with Crippen molar-refractivity contribution in [3.63, 3.8) is 0 Å². The number of nitrogens with zero attached hydrogens (tertiary/aromatic N) is 4. The molecule has 5 heteroatoms. The summed E-state index contributed by atoms with van der Waals surface area (Å²) >= 11 is 1.35. The fraction of sp³-hybridized carbons (Fsp3) is 0. The quantitative estimate of drug-likeness (QED) is 0.622. The fourth-order valence-corrected chi connectivity index (χ4v) is 1.17. The molecule has 0 atom stereocenters. The highest BCUT2D eigenvalue weighted by molar-refractivity contribution is 7.03. The van der Waals surface area contributed by atoms with E-state index in [1.807, 2.05) is 17.5 Å². The molecular weight excluding hydrogens is 184 g/mol. The molecule has 64 valence electrons. The third-order valence-electron chi connectivity index (χ3n) is 1.44. The van der Waals surface area contributed by atoms with Crippen LogP contribution in [0.3, 0.4) is 0 Å². The Labute approximate surface area is 79.2 Å². The standard InChI is InChI=1S/C6H4N2.C2H2N2S/c1-3-7-6-2-4-8-5(1)6;1-2-5-4-3-1/h1-4H;1-2H. The lowest BCUT2D eigenvalue weighted by Crippen LogP contribution is -1.66. The SMILES string of the molecule is C1=NC2=CC=NC2=C1.c1csnn1. The molecule has 0 saturated heterocycles. The van der Waals surface area contributed by atoms with Gasteiger partial charge in [-0.15, -0.1) is 5.10 Å². The zero-order valence-corrected chi connectivity index (χ0v) is 7.48. The van der Waals surface area contributed by atoms with Gasteiger partial charge in [0.2, 0.25) is 0 Å². The van der Waals surface area contributed by atoms with Crippen LogP contribution in [0.4, 0.5) is 0 Å². The maximum Gasteiger partial charge on any atom is 0.0901 e. The van der Waals surface area contributed by atoms with Gasteiger partial charge in [-0.2, -0.15) is 0 Å². The molecular formula is C8H6N4S. The largest absolute Gasteiger partial charge is 0.254 e. The summed E-state index contributed by atoms with van der Waals surface area (Å²) in [5.74, 6) is 0. The van der Waals surface area contributed by atoms with Crippen LogP contribution >= 0.6 is 11.5 Å². The van der Waals surface area contributed by atoms with Gasteiger partial charge in [0.05, 0.1) is 17.6 Å². The molecule has 0 spiro atoms. The van der Waals surface area contributed by atoms with Crippen LogP contribution < -0.4 is 0 Å². The minimum Gasteiger partial charge on any atom is -0.254 e. The predicted molar refractivity (Wildman–Crippen MR) is 53.1 cm³/mol. The summed E-state index contributed by atoms with van der Waals surface area (Å²) in [6.07, 6.45) is 8.98.